The molecule has 0 atom stereocenters. The van der Waals surface area contributed by atoms with Crippen LogP contribution >= 0.6 is 0 Å². The first-order valence-corrected chi connectivity index (χ1v) is 17.6. The number of hydrogen-bond donors (Lipinski definition) is 0. The average molecular weight is 655 g/mol. The Kier molecular flexibility index (Phi) is 6.98. The van der Waals surface area contributed by atoms with E-state index in [1.807, 2.05) is 24.8 Å². The molecular formula is C47H34N4. The van der Waals surface area contributed by atoms with Gasteiger partial charge in [-0.05, 0) is 107 Å². The van der Waals surface area contributed by atoms with Crippen LogP contribution in [0.1, 0.15) is 28.8 Å². The quantitative estimate of drug-likeness (QED) is 0.179. The highest BCUT2D eigenvalue weighted by atomic mass is 15.0. The van der Waals surface area contributed by atoms with Crippen LogP contribution in [-0.2, 0) is 12.8 Å². The summed E-state index contributed by atoms with van der Waals surface area (Å²) in [6, 6.07) is 48.6. The lowest BCUT2D eigenvalue weighted by molar-refractivity contribution is 0.967. The van der Waals surface area contributed by atoms with Crippen molar-refractivity contribution in [3.05, 3.63) is 187 Å². The SMILES string of the molecule is C1=Cc2c(c3cnccc3n2-c2ccc(-c3ccc(Cc4ccc(-c5ccc(-n6c7ccccc7c7cnccc76)cc5)cc4)cc3)cc2)CC1. The highest BCUT2D eigenvalue weighted by Crippen LogP contribution is 2.35. The Hall–Kier alpha value is -6.52. The summed E-state index contributed by atoms with van der Waals surface area (Å²) >= 11 is 0. The average Bonchev–Trinajstić information content (AvgIpc) is 3.72. The van der Waals surface area contributed by atoms with Gasteiger partial charge in [0.1, 0.15) is 0 Å². The summed E-state index contributed by atoms with van der Waals surface area (Å²) in [7, 11) is 0. The van der Waals surface area contributed by atoms with Gasteiger partial charge in [-0.1, -0.05) is 97.1 Å². The number of aryl methyl sites for hydroxylation is 1. The van der Waals surface area contributed by atoms with Crippen LogP contribution in [0.4, 0.5) is 0 Å². The van der Waals surface area contributed by atoms with E-state index in [4.69, 9.17) is 0 Å². The lowest BCUT2D eigenvalue weighted by Gasteiger charge is -2.13. The first kappa shape index (κ1) is 29.4. The first-order chi connectivity index (χ1) is 25.3. The van der Waals surface area contributed by atoms with Gasteiger partial charge >= 0.3 is 0 Å². The monoisotopic (exact) mass is 654 g/mol. The number of pyridine rings is 2. The van der Waals surface area contributed by atoms with Crippen LogP contribution in [0.15, 0.2) is 164 Å². The van der Waals surface area contributed by atoms with Crippen molar-refractivity contribution in [1.29, 1.82) is 0 Å². The number of fused-ring (bicyclic) bond motifs is 6. The molecule has 242 valence electrons. The molecule has 10 rings (SSSR count). The number of aromatic nitrogens is 4. The van der Waals surface area contributed by atoms with E-state index >= 15 is 0 Å². The third-order valence-electron chi connectivity index (χ3n) is 10.5. The van der Waals surface area contributed by atoms with Crippen molar-refractivity contribution < 1.29 is 0 Å². The zero-order valence-electron chi connectivity index (χ0n) is 28.1. The van der Waals surface area contributed by atoms with Gasteiger partial charge in [-0.2, -0.15) is 0 Å². The van der Waals surface area contributed by atoms with E-state index < -0.39 is 0 Å². The van der Waals surface area contributed by atoms with Gasteiger partial charge in [-0.15, -0.1) is 0 Å². The Labute approximate surface area is 296 Å². The van der Waals surface area contributed by atoms with Crippen LogP contribution in [0.2, 0.25) is 0 Å². The summed E-state index contributed by atoms with van der Waals surface area (Å²) in [5.41, 5.74) is 16.1. The van der Waals surface area contributed by atoms with Gasteiger partial charge in [-0.3, -0.25) is 9.97 Å². The minimum atomic E-state index is 0.898. The van der Waals surface area contributed by atoms with Crippen molar-refractivity contribution in [1.82, 2.24) is 19.1 Å². The topological polar surface area (TPSA) is 35.6 Å². The van der Waals surface area contributed by atoms with Crippen LogP contribution in [0.5, 0.6) is 0 Å². The predicted octanol–water partition coefficient (Wildman–Crippen LogP) is 11.4. The maximum Gasteiger partial charge on any atom is 0.0571 e. The van der Waals surface area contributed by atoms with E-state index in [0.717, 1.165) is 24.9 Å². The van der Waals surface area contributed by atoms with Crippen LogP contribution in [0.3, 0.4) is 0 Å². The minimum Gasteiger partial charge on any atom is -0.309 e. The maximum absolute atomic E-state index is 4.42. The predicted molar refractivity (Wildman–Crippen MR) is 211 cm³/mol. The molecule has 0 bridgehead atoms. The second-order valence-corrected chi connectivity index (χ2v) is 13.4. The molecule has 0 saturated carbocycles. The number of rotatable bonds is 6. The molecule has 4 nitrogen and oxygen atoms in total. The Balaban J connectivity index is 0.848. The summed E-state index contributed by atoms with van der Waals surface area (Å²) in [5, 5.41) is 3.65. The zero-order chi connectivity index (χ0) is 33.7. The van der Waals surface area contributed by atoms with Gasteiger partial charge in [0.2, 0.25) is 0 Å². The van der Waals surface area contributed by atoms with Crippen LogP contribution in [-0.4, -0.2) is 19.1 Å². The molecule has 0 spiro atoms. The molecule has 0 aliphatic heterocycles. The van der Waals surface area contributed by atoms with E-state index in [9.17, 15) is 0 Å². The Morgan fingerprint density at radius 2 is 0.980 bits per heavy atom. The van der Waals surface area contributed by atoms with Crippen molar-refractivity contribution in [3.8, 4) is 33.6 Å². The normalized spacial score (nSPS) is 12.5. The molecule has 51 heavy (non-hydrogen) atoms. The lowest BCUT2D eigenvalue weighted by atomic mass is 9.98. The smallest absolute Gasteiger partial charge is 0.0571 e. The number of nitrogens with zero attached hydrogens (tertiary/aromatic N) is 4. The number of benzene rings is 5. The van der Waals surface area contributed by atoms with Gasteiger partial charge in [0.25, 0.3) is 0 Å². The maximum atomic E-state index is 4.42. The molecule has 9 aromatic rings. The molecule has 1 aliphatic rings. The number of hydrogen-bond acceptors (Lipinski definition) is 2. The van der Waals surface area contributed by atoms with Crippen LogP contribution in [0, 0.1) is 0 Å². The lowest BCUT2D eigenvalue weighted by Crippen LogP contribution is -2.00. The molecule has 0 radical (unpaired) electrons. The molecule has 4 heteroatoms. The zero-order valence-corrected chi connectivity index (χ0v) is 28.1. The third kappa shape index (κ3) is 5.07. The van der Waals surface area contributed by atoms with Gasteiger partial charge in [-0.25, -0.2) is 0 Å². The molecule has 0 unspecified atom stereocenters. The Bertz CT molecular complexity index is 2670. The third-order valence-corrected chi connectivity index (χ3v) is 10.5. The van der Waals surface area contributed by atoms with E-state index in [2.05, 4.69) is 165 Å². The second kappa shape index (κ2) is 12.1. The number of allylic oxidation sites excluding steroid dienone is 1. The van der Waals surface area contributed by atoms with Gasteiger partial charge in [0, 0.05) is 58.0 Å². The molecule has 5 aromatic carbocycles. The summed E-state index contributed by atoms with van der Waals surface area (Å²) in [6.07, 6.45) is 15.3. The van der Waals surface area contributed by atoms with Crippen LogP contribution < -0.4 is 0 Å². The van der Waals surface area contributed by atoms with Crippen molar-refractivity contribution in [2.75, 3.05) is 0 Å². The van der Waals surface area contributed by atoms with Gasteiger partial charge < -0.3 is 9.13 Å². The van der Waals surface area contributed by atoms with Gasteiger partial charge in [0.15, 0.2) is 0 Å². The number of para-hydroxylation sites is 1. The fraction of sp³-hybridized carbons (Fsp3) is 0.0638. The summed E-state index contributed by atoms with van der Waals surface area (Å²) in [5.74, 6) is 0. The molecule has 1 aliphatic carbocycles. The molecule has 4 aromatic heterocycles. The molecular weight excluding hydrogens is 621 g/mol. The van der Waals surface area contributed by atoms with E-state index in [1.165, 1.54) is 83.0 Å². The van der Waals surface area contributed by atoms with Crippen molar-refractivity contribution in [3.63, 3.8) is 0 Å². The molecule has 0 amide bonds. The highest BCUT2D eigenvalue weighted by Gasteiger charge is 2.18. The summed E-state index contributed by atoms with van der Waals surface area (Å²) < 4.78 is 4.70. The molecule has 4 heterocycles. The van der Waals surface area contributed by atoms with Crippen molar-refractivity contribution in [2.24, 2.45) is 0 Å². The fourth-order valence-corrected chi connectivity index (χ4v) is 7.92. The Morgan fingerprint density at radius 3 is 1.61 bits per heavy atom. The molecule has 0 fully saturated rings. The van der Waals surface area contributed by atoms with Crippen molar-refractivity contribution in [2.45, 2.75) is 19.3 Å². The highest BCUT2D eigenvalue weighted by molar-refractivity contribution is 6.08. The first-order valence-electron chi connectivity index (χ1n) is 17.6. The van der Waals surface area contributed by atoms with Crippen LogP contribution in [0.25, 0.3) is 72.4 Å². The summed E-state index contributed by atoms with van der Waals surface area (Å²) in [6.45, 7) is 0. The van der Waals surface area contributed by atoms with Crippen molar-refractivity contribution >= 4 is 38.8 Å². The molecule has 0 N–H and O–H groups in total. The Morgan fingerprint density at radius 1 is 0.471 bits per heavy atom. The fourth-order valence-electron chi connectivity index (χ4n) is 7.92. The van der Waals surface area contributed by atoms with E-state index in [0.29, 0.717) is 0 Å². The van der Waals surface area contributed by atoms with E-state index in [-0.39, 0.29) is 0 Å². The molecule has 0 saturated heterocycles. The summed E-state index contributed by atoms with van der Waals surface area (Å²) in [4.78, 5) is 8.80. The standard InChI is InChI=1S/C47H34N4/c1-3-7-44-40(5-1)42-30-48-27-25-46(42)50(44)38-21-17-36(18-22-38)34-13-9-32(10-14-34)29-33-11-15-35(16-12-33)37-19-23-39(24-20-37)51-45-8-4-2-6-41(45)43-31-49-28-26-47(43)51/h1,3-5,7-28,30-31H,2,6,29H2. The second-order valence-electron chi connectivity index (χ2n) is 13.4. The van der Waals surface area contributed by atoms with Gasteiger partial charge in [0.05, 0.1) is 16.6 Å². The minimum absolute atomic E-state index is 0.898. The van der Waals surface area contributed by atoms with E-state index in [1.54, 1.807) is 0 Å². The largest absolute Gasteiger partial charge is 0.309 e.